The Balaban J connectivity index is 1.95. The fourth-order valence-corrected chi connectivity index (χ4v) is 3.00. The number of anilines is 1. The van der Waals surface area contributed by atoms with Gasteiger partial charge in [0.15, 0.2) is 5.16 Å². The molecule has 2 rings (SSSR count). The quantitative estimate of drug-likeness (QED) is 0.752. The Morgan fingerprint density at radius 3 is 2.55 bits per heavy atom. The first kappa shape index (κ1) is 16.5. The number of aromatic amines is 1. The molecule has 118 valence electrons. The summed E-state index contributed by atoms with van der Waals surface area (Å²) < 4.78 is 25.0. The molecule has 22 heavy (non-hydrogen) atoms. The molecule has 0 radical (unpaired) electrons. The molecule has 2 N–H and O–H groups in total. The lowest BCUT2D eigenvalue weighted by atomic mass is 10.3. The Bertz CT molecular complexity index is 727. The van der Waals surface area contributed by atoms with E-state index < -0.39 is 10.0 Å². The minimum absolute atomic E-state index is 0.173. The Labute approximate surface area is 132 Å². The number of aromatic nitrogens is 3. The van der Waals surface area contributed by atoms with E-state index in [0.29, 0.717) is 10.8 Å². The van der Waals surface area contributed by atoms with Crippen LogP contribution in [0.4, 0.5) is 5.69 Å². The lowest BCUT2D eigenvalue weighted by molar-refractivity contribution is -0.113. The van der Waals surface area contributed by atoms with Crippen molar-refractivity contribution in [3.63, 3.8) is 0 Å². The molecule has 0 fully saturated rings. The maximum absolute atomic E-state index is 11.9. The highest BCUT2D eigenvalue weighted by Crippen LogP contribution is 2.17. The zero-order chi connectivity index (χ0) is 16.2. The SMILES string of the molecule is CN(C)S(=O)(=O)c1ccc(NC(=O)CSc2ncn[nH]2)cc1. The van der Waals surface area contributed by atoms with Crippen molar-refractivity contribution in [1.29, 1.82) is 0 Å². The van der Waals surface area contributed by atoms with Crippen molar-refractivity contribution in [3.8, 4) is 0 Å². The Kier molecular flexibility index (Phi) is 5.16. The minimum Gasteiger partial charge on any atom is -0.325 e. The molecule has 2 aromatic rings. The van der Waals surface area contributed by atoms with Gasteiger partial charge in [-0.25, -0.2) is 17.7 Å². The van der Waals surface area contributed by atoms with Gasteiger partial charge in [-0.1, -0.05) is 11.8 Å². The van der Waals surface area contributed by atoms with Gasteiger partial charge in [-0.05, 0) is 24.3 Å². The van der Waals surface area contributed by atoms with Crippen LogP contribution in [0.2, 0.25) is 0 Å². The molecule has 1 heterocycles. The molecule has 0 aliphatic rings. The Morgan fingerprint density at radius 1 is 1.32 bits per heavy atom. The van der Waals surface area contributed by atoms with E-state index in [9.17, 15) is 13.2 Å². The number of sulfonamides is 1. The summed E-state index contributed by atoms with van der Waals surface area (Å²) in [5.41, 5.74) is 0.529. The molecule has 0 aliphatic heterocycles. The van der Waals surface area contributed by atoms with Crippen LogP contribution in [0.3, 0.4) is 0 Å². The second-order valence-electron chi connectivity index (χ2n) is 4.44. The van der Waals surface area contributed by atoms with Crippen LogP contribution in [0.25, 0.3) is 0 Å². The zero-order valence-electron chi connectivity index (χ0n) is 12.0. The molecule has 0 unspecified atom stereocenters. The van der Waals surface area contributed by atoms with Gasteiger partial charge in [-0.3, -0.25) is 9.89 Å². The van der Waals surface area contributed by atoms with Crippen LogP contribution >= 0.6 is 11.8 Å². The van der Waals surface area contributed by atoms with Crippen LogP contribution in [0, 0.1) is 0 Å². The molecular weight excluding hydrogens is 326 g/mol. The first-order chi connectivity index (χ1) is 10.4. The summed E-state index contributed by atoms with van der Waals surface area (Å²) in [6.45, 7) is 0. The minimum atomic E-state index is -3.46. The highest BCUT2D eigenvalue weighted by atomic mass is 32.2. The number of benzene rings is 1. The van der Waals surface area contributed by atoms with E-state index in [-0.39, 0.29) is 16.6 Å². The average molecular weight is 341 g/mol. The zero-order valence-corrected chi connectivity index (χ0v) is 13.6. The van der Waals surface area contributed by atoms with E-state index in [4.69, 9.17) is 0 Å². The third-order valence-corrected chi connectivity index (χ3v) is 5.36. The number of nitrogens with one attached hydrogen (secondary N) is 2. The van der Waals surface area contributed by atoms with E-state index in [2.05, 4.69) is 20.5 Å². The highest BCUT2D eigenvalue weighted by molar-refractivity contribution is 7.99. The van der Waals surface area contributed by atoms with E-state index >= 15 is 0 Å². The molecule has 1 aromatic heterocycles. The normalized spacial score (nSPS) is 11.6. The predicted molar refractivity (Wildman–Crippen MR) is 83.1 cm³/mol. The monoisotopic (exact) mass is 341 g/mol. The van der Waals surface area contributed by atoms with Crippen molar-refractivity contribution in [1.82, 2.24) is 19.5 Å². The number of H-pyrrole nitrogens is 1. The number of rotatable bonds is 6. The van der Waals surface area contributed by atoms with Gasteiger partial charge in [0.2, 0.25) is 15.9 Å². The van der Waals surface area contributed by atoms with Crippen LogP contribution in [0.5, 0.6) is 0 Å². The standard InChI is InChI=1S/C12H15N5O3S2/c1-17(2)22(19,20)10-5-3-9(4-6-10)15-11(18)7-21-12-13-8-14-16-12/h3-6,8H,7H2,1-2H3,(H,15,18)(H,13,14,16). The van der Waals surface area contributed by atoms with Gasteiger partial charge in [0.25, 0.3) is 0 Å². The second kappa shape index (κ2) is 6.90. The molecule has 1 aromatic carbocycles. The molecule has 0 saturated heterocycles. The molecule has 0 aliphatic carbocycles. The summed E-state index contributed by atoms with van der Waals surface area (Å²) in [4.78, 5) is 15.8. The summed E-state index contributed by atoms with van der Waals surface area (Å²) in [7, 11) is -0.537. The van der Waals surface area contributed by atoms with Crippen molar-refractivity contribution in [3.05, 3.63) is 30.6 Å². The van der Waals surface area contributed by atoms with E-state index in [1.54, 1.807) is 12.1 Å². The van der Waals surface area contributed by atoms with Gasteiger partial charge < -0.3 is 5.32 Å². The summed E-state index contributed by atoms with van der Waals surface area (Å²) in [6.07, 6.45) is 1.37. The van der Waals surface area contributed by atoms with E-state index in [0.717, 1.165) is 4.31 Å². The molecule has 1 amide bonds. The first-order valence-electron chi connectivity index (χ1n) is 6.20. The van der Waals surface area contributed by atoms with E-state index in [1.807, 2.05) is 0 Å². The smallest absolute Gasteiger partial charge is 0.242 e. The number of nitrogens with zero attached hydrogens (tertiary/aromatic N) is 3. The second-order valence-corrected chi connectivity index (χ2v) is 7.56. The maximum atomic E-state index is 11.9. The third-order valence-electron chi connectivity index (χ3n) is 2.65. The molecule has 0 saturated carbocycles. The first-order valence-corrected chi connectivity index (χ1v) is 8.63. The van der Waals surface area contributed by atoms with Crippen molar-refractivity contribution < 1.29 is 13.2 Å². The fraction of sp³-hybridized carbons (Fsp3) is 0.250. The molecule has 0 atom stereocenters. The van der Waals surface area contributed by atoms with Crippen molar-refractivity contribution in [2.75, 3.05) is 25.2 Å². The Hall–Kier alpha value is -1.91. The topological polar surface area (TPSA) is 108 Å². The van der Waals surface area contributed by atoms with Crippen molar-refractivity contribution >= 4 is 33.4 Å². The number of carbonyl (C=O) groups excluding carboxylic acids is 1. The number of amides is 1. The summed E-state index contributed by atoms with van der Waals surface area (Å²) >= 11 is 1.22. The molecule has 8 nitrogen and oxygen atoms in total. The fourth-order valence-electron chi connectivity index (χ4n) is 1.52. The number of carbonyl (C=O) groups is 1. The Morgan fingerprint density at radius 2 is 2.00 bits per heavy atom. The van der Waals surface area contributed by atoms with Gasteiger partial charge in [0.05, 0.1) is 10.6 Å². The summed E-state index contributed by atoms with van der Waals surface area (Å²) in [6, 6.07) is 6.00. The van der Waals surface area contributed by atoms with Crippen LogP contribution in [-0.4, -0.2) is 53.7 Å². The number of hydrogen-bond donors (Lipinski definition) is 2. The van der Waals surface area contributed by atoms with Gasteiger partial charge in [0, 0.05) is 19.8 Å². The third kappa shape index (κ3) is 4.06. The molecule has 0 bridgehead atoms. The van der Waals surface area contributed by atoms with Gasteiger partial charge in [0.1, 0.15) is 6.33 Å². The van der Waals surface area contributed by atoms with Crippen molar-refractivity contribution in [2.24, 2.45) is 0 Å². The lowest BCUT2D eigenvalue weighted by Gasteiger charge is -2.11. The van der Waals surface area contributed by atoms with Crippen LogP contribution in [-0.2, 0) is 14.8 Å². The molecule has 0 spiro atoms. The van der Waals surface area contributed by atoms with E-state index in [1.165, 1.54) is 44.3 Å². The number of hydrogen-bond acceptors (Lipinski definition) is 6. The van der Waals surface area contributed by atoms with Gasteiger partial charge in [-0.2, -0.15) is 5.10 Å². The number of thioether (sulfide) groups is 1. The van der Waals surface area contributed by atoms with Gasteiger partial charge >= 0.3 is 0 Å². The van der Waals surface area contributed by atoms with Crippen LogP contribution in [0.15, 0.2) is 40.6 Å². The summed E-state index contributed by atoms with van der Waals surface area (Å²) in [5, 5.41) is 9.56. The lowest BCUT2D eigenvalue weighted by Crippen LogP contribution is -2.22. The maximum Gasteiger partial charge on any atom is 0.242 e. The van der Waals surface area contributed by atoms with Crippen molar-refractivity contribution in [2.45, 2.75) is 10.1 Å². The largest absolute Gasteiger partial charge is 0.325 e. The highest BCUT2D eigenvalue weighted by Gasteiger charge is 2.16. The van der Waals surface area contributed by atoms with Crippen LogP contribution in [0.1, 0.15) is 0 Å². The van der Waals surface area contributed by atoms with Gasteiger partial charge in [-0.15, -0.1) is 0 Å². The predicted octanol–water partition coefficient (Wildman–Crippen LogP) is 0.786. The average Bonchev–Trinajstić information content (AvgIpc) is 2.99. The molecular formula is C12H15N5O3S2. The molecule has 10 heteroatoms. The summed E-state index contributed by atoms with van der Waals surface area (Å²) in [5.74, 6) is -0.0444. The van der Waals surface area contributed by atoms with Crippen LogP contribution < -0.4 is 5.32 Å².